The molecule has 122 valence electrons. The molecule has 0 radical (unpaired) electrons. The van der Waals surface area contributed by atoms with Gasteiger partial charge < -0.3 is 5.73 Å². The van der Waals surface area contributed by atoms with Gasteiger partial charge in [0.2, 0.25) is 11.1 Å². The number of hydrogen-bond acceptors (Lipinski definition) is 5. The van der Waals surface area contributed by atoms with E-state index >= 15 is 0 Å². The van der Waals surface area contributed by atoms with Crippen LogP contribution in [0.4, 0.5) is 10.3 Å². The number of benzene rings is 2. The van der Waals surface area contributed by atoms with Gasteiger partial charge in [0, 0.05) is 16.3 Å². The van der Waals surface area contributed by atoms with Crippen LogP contribution in [0.15, 0.2) is 53.7 Å². The summed E-state index contributed by atoms with van der Waals surface area (Å²) in [4.78, 5) is 16.4. The Kier molecular flexibility index (Phi) is 4.82. The highest BCUT2D eigenvalue weighted by molar-refractivity contribution is 7.98. The smallest absolute Gasteiger partial charge is 0.281 e. The first-order chi connectivity index (χ1) is 11.5. The second kappa shape index (κ2) is 7.02. The number of thioether (sulfide) groups is 1. The third kappa shape index (κ3) is 3.74. The molecule has 3 aromatic rings. The van der Waals surface area contributed by atoms with Crippen molar-refractivity contribution in [2.75, 3.05) is 5.73 Å². The van der Waals surface area contributed by atoms with Gasteiger partial charge in [0.15, 0.2) is 0 Å². The monoisotopic (exact) mass is 362 g/mol. The largest absolute Gasteiger partial charge is 0.368 e. The lowest BCUT2D eigenvalue weighted by molar-refractivity contribution is 0.0946. The van der Waals surface area contributed by atoms with E-state index in [1.807, 2.05) is 12.1 Å². The average molecular weight is 363 g/mol. The van der Waals surface area contributed by atoms with Crippen LogP contribution in [0.3, 0.4) is 0 Å². The zero-order valence-electron chi connectivity index (χ0n) is 12.3. The van der Waals surface area contributed by atoms with Gasteiger partial charge in [0.25, 0.3) is 5.91 Å². The lowest BCUT2D eigenvalue weighted by atomic mass is 10.2. The molecule has 0 atom stereocenters. The van der Waals surface area contributed by atoms with Crippen LogP contribution >= 0.6 is 23.4 Å². The van der Waals surface area contributed by atoms with Gasteiger partial charge in [0.05, 0.1) is 0 Å². The van der Waals surface area contributed by atoms with Gasteiger partial charge in [-0.25, -0.2) is 4.39 Å². The number of hydrogen-bond donors (Lipinski definition) is 1. The molecule has 0 aliphatic rings. The lowest BCUT2D eigenvalue weighted by Gasteiger charge is -2.01. The summed E-state index contributed by atoms with van der Waals surface area (Å²) in [7, 11) is 0. The summed E-state index contributed by atoms with van der Waals surface area (Å²) in [5.41, 5.74) is 6.94. The molecule has 1 aromatic heterocycles. The van der Waals surface area contributed by atoms with Crippen LogP contribution in [0, 0.1) is 5.82 Å². The van der Waals surface area contributed by atoms with E-state index in [0.29, 0.717) is 15.9 Å². The topological polar surface area (TPSA) is 73.8 Å². The van der Waals surface area contributed by atoms with Gasteiger partial charge in [-0.05, 0) is 35.9 Å². The Bertz CT molecular complexity index is 882. The second-order valence-corrected chi connectivity index (χ2v) is 6.27. The zero-order valence-corrected chi connectivity index (χ0v) is 13.9. The van der Waals surface area contributed by atoms with Crippen molar-refractivity contribution in [1.82, 2.24) is 14.8 Å². The highest BCUT2D eigenvalue weighted by Gasteiger charge is 2.16. The highest BCUT2D eigenvalue weighted by atomic mass is 35.5. The quantitative estimate of drug-likeness (QED) is 0.717. The molecular formula is C16H12ClFN4OS. The summed E-state index contributed by atoms with van der Waals surface area (Å²) < 4.78 is 14.2. The number of rotatable bonds is 4. The van der Waals surface area contributed by atoms with E-state index in [1.54, 1.807) is 12.1 Å². The van der Waals surface area contributed by atoms with Crippen LogP contribution in [0.25, 0.3) is 0 Å². The van der Waals surface area contributed by atoms with Crippen molar-refractivity contribution >= 4 is 35.2 Å². The number of halogens is 2. The molecule has 0 aliphatic heterocycles. The SMILES string of the molecule is Nc1nc(SCc2ccc(Cl)cc2)nn1C(=O)c1cccc(F)c1. The maximum atomic E-state index is 13.2. The Hall–Kier alpha value is -2.38. The minimum Gasteiger partial charge on any atom is -0.368 e. The van der Waals surface area contributed by atoms with Crippen molar-refractivity contribution in [3.05, 3.63) is 70.5 Å². The standard InChI is InChI=1S/C16H12ClFN4OS/c17-12-6-4-10(5-7-12)9-24-16-20-15(19)22(21-16)14(23)11-2-1-3-13(18)8-11/h1-8H,9H2,(H2,19,20,21). The summed E-state index contributed by atoms with van der Waals surface area (Å²) in [5, 5.41) is 5.12. The van der Waals surface area contributed by atoms with Crippen LogP contribution in [0.2, 0.25) is 5.02 Å². The Morgan fingerprint density at radius 1 is 1.25 bits per heavy atom. The fourth-order valence-corrected chi connectivity index (χ4v) is 2.90. The van der Waals surface area contributed by atoms with E-state index in [-0.39, 0.29) is 11.5 Å². The summed E-state index contributed by atoms with van der Waals surface area (Å²) in [5.74, 6) is -0.466. The number of carbonyl (C=O) groups excluding carboxylic acids is 1. The molecule has 0 saturated carbocycles. The van der Waals surface area contributed by atoms with Crippen molar-refractivity contribution in [2.45, 2.75) is 10.9 Å². The highest BCUT2D eigenvalue weighted by Crippen LogP contribution is 2.22. The second-order valence-electron chi connectivity index (χ2n) is 4.90. The Balaban J connectivity index is 1.75. The van der Waals surface area contributed by atoms with E-state index in [9.17, 15) is 9.18 Å². The number of aromatic nitrogens is 3. The average Bonchev–Trinajstić information content (AvgIpc) is 2.94. The van der Waals surface area contributed by atoms with E-state index in [1.165, 1.54) is 30.0 Å². The van der Waals surface area contributed by atoms with Crippen molar-refractivity contribution in [3.8, 4) is 0 Å². The molecule has 0 spiro atoms. The molecule has 0 fully saturated rings. The van der Waals surface area contributed by atoms with Gasteiger partial charge in [-0.15, -0.1) is 5.10 Å². The number of nitrogens with two attached hydrogens (primary N) is 1. The third-order valence-corrected chi connectivity index (χ3v) is 4.32. The van der Waals surface area contributed by atoms with E-state index in [4.69, 9.17) is 17.3 Å². The first kappa shape index (κ1) is 16.5. The zero-order chi connectivity index (χ0) is 17.1. The van der Waals surface area contributed by atoms with Crippen molar-refractivity contribution < 1.29 is 9.18 Å². The fourth-order valence-electron chi connectivity index (χ4n) is 1.99. The fraction of sp³-hybridized carbons (Fsp3) is 0.0625. The minimum atomic E-state index is -0.530. The number of carbonyl (C=O) groups is 1. The molecule has 2 aromatic carbocycles. The van der Waals surface area contributed by atoms with Gasteiger partial charge in [-0.3, -0.25) is 4.79 Å². The Labute approximate surface area is 146 Å². The van der Waals surface area contributed by atoms with Gasteiger partial charge in [0.1, 0.15) is 5.82 Å². The minimum absolute atomic E-state index is 0.0390. The van der Waals surface area contributed by atoms with Crippen molar-refractivity contribution in [2.24, 2.45) is 0 Å². The lowest BCUT2D eigenvalue weighted by Crippen LogP contribution is -2.16. The molecule has 0 amide bonds. The van der Waals surface area contributed by atoms with Crippen molar-refractivity contribution in [1.29, 1.82) is 0 Å². The number of nitrogens with zero attached hydrogens (tertiary/aromatic N) is 3. The molecule has 2 N–H and O–H groups in total. The van der Waals surface area contributed by atoms with Crippen LogP contribution in [0.1, 0.15) is 15.9 Å². The van der Waals surface area contributed by atoms with Gasteiger partial charge in [-0.1, -0.05) is 41.6 Å². The predicted molar refractivity (Wildman–Crippen MR) is 91.6 cm³/mol. The van der Waals surface area contributed by atoms with Gasteiger partial charge in [-0.2, -0.15) is 9.67 Å². The number of nitrogen functional groups attached to an aromatic ring is 1. The predicted octanol–water partition coefficient (Wildman–Crippen LogP) is 3.63. The maximum Gasteiger partial charge on any atom is 0.281 e. The molecule has 0 saturated heterocycles. The molecule has 0 aliphatic carbocycles. The van der Waals surface area contributed by atoms with E-state index in [0.717, 1.165) is 16.3 Å². The first-order valence-corrected chi connectivity index (χ1v) is 8.29. The Morgan fingerprint density at radius 2 is 2.00 bits per heavy atom. The normalized spacial score (nSPS) is 10.8. The molecule has 1 heterocycles. The van der Waals surface area contributed by atoms with Crippen LogP contribution in [-0.2, 0) is 5.75 Å². The van der Waals surface area contributed by atoms with E-state index < -0.39 is 11.7 Å². The van der Waals surface area contributed by atoms with E-state index in [2.05, 4.69) is 10.1 Å². The number of anilines is 1. The summed E-state index contributed by atoms with van der Waals surface area (Å²) in [6.07, 6.45) is 0. The molecule has 8 heteroatoms. The summed E-state index contributed by atoms with van der Waals surface area (Å²) in [6, 6.07) is 12.7. The molecule has 5 nitrogen and oxygen atoms in total. The molecular weight excluding hydrogens is 351 g/mol. The first-order valence-electron chi connectivity index (χ1n) is 6.93. The third-order valence-electron chi connectivity index (χ3n) is 3.16. The van der Waals surface area contributed by atoms with Gasteiger partial charge >= 0.3 is 0 Å². The molecule has 0 unspecified atom stereocenters. The molecule has 0 bridgehead atoms. The molecule has 3 rings (SSSR count). The van der Waals surface area contributed by atoms with Crippen molar-refractivity contribution in [3.63, 3.8) is 0 Å². The van der Waals surface area contributed by atoms with Crippen LogP contribution in [0.5, 0.6) is 0 Å². The van der Waals surface area contributed by atoms with Crippen LogP contribution in [-0.4, -0.2) is 20.7 Å². The Morgan fingerprint density at radius 3 is 2.71 bits per heavy atom. The molecule has 24 heavy (non-hydrogen) atoms. The summed E-state index contributed by atoms with van der Waals surface area (Å²) >= 11 is 7.18. The summed E-state index contributed by atoms with van der Waals surface area (Å²) in [6.45, 7) is 0. The van der Waals surface area contributed by atoms with Crippen LogP contribution < -0.4 is 5.73 Å². The maximum absolute atomic E-state index is 13.2.